The second kappa shape index (κ2) is 8.89. The predicted octanol–water partition coefficient (Wildman–Crippen LogP) is 3.00. The van der Waals surface area contributed by atoms with Crippen LogP contribution in [-0.2, 0) is 17.7 Å². The van der Waals surface area contributed by atoms with Crippen LogP contribution in [0.1, 0.15) is 17.7 Å². The second-order valence-electron chi connectivity index (χ2n) is 6.14. The largest absolute Gasteiger partial charge is 0.469 e. The lowest BCUT2D eigenvalue weighted by atomic mass is 10.1. The summed E-state index contributed by atoms with van der Waals surface area (Å²) in [6.45, 7) is 4.18. The molecule has 0 aromatic carbocycles. The number of hydrogen-bond donors (Lipinski definition) is 1. The number of ether oxygens (including phenoxy) is 1. The third-order valence-corrected chi connectivity index (χ3v) is 4.85. The molecule has 24 heavy (non-hydrogen) atoms. The van der Waals surface area contributed by atoms with E-state index in [2.05, 4.69) is 34.1 Å². The third-order valence-electron chi connectivity index (χ3n) is 4.12. The molecule has 1 aliphatic rings. The Balaban J connectivity index is 1.56. The molecule has 3 heterocycles. The van der Waals surface area contributed by atoms with E-state index in [0.717, 1.165) is 57.4 Å². The highest BCUT2D eigenvalue weighted by molar-refractivity contribution is 7.07. The molecule has 1 fully saturated rings. The summed E-state index contributed by atoms with van der Waals surface area (Å²) in [5.74, 6) is 2.48. The molecule has 1 unspecified atom stereocenters. The smallest absolute Gasteiger partial charge is 0.193 e. The van der Waals surface area contributed by atoms with Crippen LogP contribution >= 0.6 is 11.3 Å². The lowest BCUT2D eigenvalue weighted by Crippen LogP contribution is -2.39. The fraction of sp³-hybridized carbons (Fsp3) is 0.500. The summed E-state index contributed by atoms with van der Waals surface area (Å²) in [4.78, 5) is 7.01. The summed E-state index contributed by atoms with van der Waals surface area (Å²) in [7, 11) is 2.08. The fourth-order valence-corrected chi connectivity index (χ4v) is 3.40. The van der Waals surface area contributed by atoms with Gasteiger partial charge in [-0.3, -0.25) is 4.99 Å². The number of nitrogens with zero attached hydrogens (tertiary/aromatic N) is 2. The van der Waals surface area contributed by atoms with Crippen molar-refractivity contribution < 1.29 is 9.15 Å². The van der Waals surface area contributed by atoms with Crippen LogP contribution in [-0.4, -0.2) is 44.2 Å². The van der Waals surface area contributed by atoms with Gasteiger partial charge in [0.2, 0.25) is 0 Å². The molecule has 0 spiro atoms. The molecule has 3 rings (SSSR count). The van der Waals surface area contributed by atoms with Crippen molar-refractivity contribution in [3.05, 3.63) is 46.5 Å². The number of aliphatic imine (C=N–C) groups is 1. The molecule has 2 aromatic rings. The summed E-state index contributed by atoms with van der Waals surface area (Å²) in [6, 6.07) is 6.09. The first-order valence-corrected chi connectivity index (χ1v) is 9.36. The maximum absolute atomic E-state index is 5.45. The van der Waals surface area contributed by atoms with E-state index in [0.29, 0.717) is 5.92 Å². The minimum absolute atomic E-state index is 0.543. The van der Waals surface area contributed by atoms with E-state index in [1.54, 1.807) is 17.6 Å². The van der Waals surface area contributed by atoms with Crippen LogP contribution in [0.5, 0.6) is 0 Å². The van der Waals surface area contributed by atoms with Crippen molar-refractivity contribution in [3.63, 3.8) is 0 Å². The van der Waals surface area contributed by atoms with Crippen molar-refractivity contribution in [2.24, 2.45) is 10.9 Å². The van der Waals surface area contributed by atoms with Gasteiger partial charge in [0, 0.05) is 45.6 Å². The minimum atomic E-state index is 0.543. The molecule has 1 aliphatic heterocycles. The van der Waals surface area contributed by atoms with Crippen molar-refractivity contribution in [2.75, 3.05) is 33.4 Å². The third kappa shape index (κ3) is 5.11. The van der Waals surface area contributed by atoms with Gasteiger partial charge >= 0.3 is 0 Å². The van der Waals surface area contributed by atoms with Crippen LogP contribution in [0.4, 0.5) is 0 Å². The Bertz CT molecular complexity index is 604. The molecule has 6 heteroatoms. The lowest BCUT2D eigenvalue weighted by molar-refractivity contribution is 0.187. The number of hydrogen-bond acceptors (Lipinski definition) is 4. The zero-order valence-corrected chi connectivity index (χ0v) is 14.9. The van der Waals surface area contributed by atoms with Crippen molar-refractivity contribution in [1.29, 1.82) is 0 Å². The summed E-state index contributed by atoms with van der Waals surface area (Å²) in [5.41, 5.74) is 1.31. The highest BCUT2D eigenvalue weighted by Gasteiger charge is 2.16. The van der Waals surface area contributed by atoms with Gasteiger partial charge in [-0.2, -0.15) is 11.3 Å². The lowest BCUT2D eigenvalue weighted by Gasteiger charge is -2.22. The van der Waals surface area contributed by atoms with Gasteiger partial charge in [0.1, 0.15) is 5.76 Å². The van der Waals surface area contributed by atoms with E-state index in [9.17, 15) is 0 Å². The van der Waals surface area contributed by atoms with Crippen LogP contribution < -0.4 is 5.32 Å². The molecule has 1 N–H and O–H groups in total. The van der Waals surface area contributed by atoms with E-state index < -0.39 is 0 Å². The van der Waals surface area contributed by atoms with E-state index in [1.165, 1.54) is 5.56 Å². The van der Waals surface area contributed by atoms with Gasteiger partial charge in [-0.05, 0) is 40.9 Å². The molecular formula is C18H25N3O2S. The fourth-order valence-electron chi connectivity index (χ4n) is 2.74. The summed E-state index contributed by atoms with van der Waals surface area (Å²) >= 11 is 1.73. The van der Waals surface area contributed by atoms with E-state index in [1.807, 2.05) is 12.1 Å². The molecule has 0 radical (unpaired) electrons. The summed E-state index contributed by atoms with van der Waals surface area (Å²) in [5, 5.41) is 7.77. The van der Waals surface area contributed by atoms with Crippen molar-refractivity contribution in [1.82, 2.24) is 10.2 Å². The quantitative estimate of drug-likeness (QED) is 0.618. The van der Waals surface area contributed by atoms with Gasteiger partial charge in [-0.15, -0.1) is 0 Å². The highest BCUT2D eigenvalue weighted by atomic mass is 32.1. The average molecular weight is 347 g/mol. The molecule has 1 atom stereocenters. The minimum Gasteiger partial charge on any atom is -0.469 e. The number of nitrogens with one attached hydrogen (secondary N) is 1. The Hall–Kier alpha value is -1.79. The van der Waals surface area contributed by atoms with Gasteiger partial charge in [0.05, 0.1) is 12.9 Å². The summed E-state index contributed by atoms with van der Waals surface area (Å²) < 4.78 is 10.8. The van der Waals surface area contributed by atoms with Crippen LogP contribution in [0.2, 0.25) is 0 Å². The van der Waals surface area contributed by atoms with Gasteiger partial charge in [0.25, 0.3) is 0 Å². The maximum Gasteiger partial charge on any atom is 0.193 e. The van der Waals surface area contributed by atoms with Crippen LogP contribution in [0, 0.1) is 5.92 Å². The molecule has 0 amide bonds. The number of thiophene rings is 1. The normalized spacial score (nSPS) is 18.0. The zero-order chi connectivity index (χ0) is 16.6. The van der Waals surface area contributed by atoms with E-state index in [4.69, 9.17) is 14.1 Å². The second-order valence-corrected chi connectivity index (χ2v) is 6.92. The van der Waals surface area contributed by atoms with Crippen LogP contribution in [0.3, 0.4) is 0 Å². The Morgan fingerprint density at radius 3 is 3.12 bits per heavy atom. The average Bonchev–Trinajstić information content (AvgIpc) is 3.32. The molecule has 0 bridgehead atoms. The van der Waals surface area contributed by atoms with Gasteiger partial charge < -0.3 is 19.4 Å². The molecular weight excluding hydrogens is 322 g/mol. The molecule has 0 aliphatic carbocycles. The molecule has 130 valence electrons. The van der Waals surface area contributed by atoms with E-state index >= 15 is 0 Å². The molecule has 1 saturated heterocycles. The van der Waals surface area contributed by atoms with Gasteiger partial charge in [-0.1, -0.05) is 0 Å². The monoisotopic (exact) mass is 347 g/mol. The first-order valence-electron chi connectivity index (χ1n) is 8.42. The SMILES string of the molecule is CN(Cc1ccsc1)C(=NCC1CCOC1)NCCc1ccco1. The number of guanidine groups is 1. The van der Waals surface area contributed by atoms with Gasteiger partial charge in [0.15, 0.2) is 5.96 Å². The van der Waals surface area contributed by atoms with E-state index in [-0.39, 0.29) is 0 Å². The predicted molar refractivity (Wildman–Crippen MR) is 97.4 cm³/mol. The zero-order valence-electron chi connectivity index (χ0n) is 14.1. The van der Waals surface area contributed by atoms with Crippen molar-refractivity contribution >= 4 is 17.3 Å². The Morgan fingerprint density at radius 1 is 1.46 bits per heavy atom. The number of furan rings is 1. The summed E-state index contributed by atoms with van der Waals surface area (Å²) in [6.07, 6.45) is 3.68. The number of rotatable bonds is 7. The van der Waals surface area contributed by atoms with Crippen LogP contribution in [0.25, 0.3) is 0 Å². The van der Waals surface area contributed by atoms with Crippen LogP contribution in [0.15, 0.2) is 44.6 Å². The Morgan fingerprint density at radius 2 is 2.42 bits per heavy atom. The van der Waals surface area contributed by atoms with Crippen molar-refractivity contribution in [3.8, 4) is 0 Å². The highest BCUT2D eigenvalue weighted by Crippen LogP contribution is 2.13. The molecule has 2 aromatic heterocycles. The Labute approximate surface area is 147 Å². The molecule has 0 saturated carbocycles. The molecule has 5 nitrogen and oxygen atoms in total. The first-order chi connectivity index (χ1) is 11.8. The Kier molecular flexibility index (Phi) is 6.32. The first kappa shape index (κ1) is 17.0. The van der Waals surface area contributed by atoms with Gasteiger partial charge in [-0.25, -0.2) is 0 Å². The van der Waals surface area contributed by atoms with Crippen molar-refractivity contribution in [2.45, 2.75) is 19.4 Å². The standard InChI is InChI=1S/C18H25N3O2S/c1-21(12-16-6-10-24-14-16)18(20-11-15-5-9-22-13-15)19-7-4-17-3-2-8-23-17/h2-3,6,8,10,14-15H,4-5,7,9,11-13H2,1H3,(H,19,20). The topological polar surface area (TPSA) is 50.0 Å². The maximum atomic E-state index is 5.45.